The highest BCUT2D eigenvalue weighted by Crippen LogP contribution is 2.29. The Bertz CT molecular complexity index is 1320. The number of benzene rings is 3. The van der Waals surface area contributed by atoms with Crippen molar-refractivity contribution >= 4 is 29.0 Å². The highest BCUT2D eigenvalue weighted by Gasteiger charge is 2.19. The Kier molecular flexibility index (Phi) is 6.50. The average Bonchev–Trinajstić information content (AvgIpc) is 3.24. The molecule has 0 saturated heterocycles. The Labute approximate surface area is 194 Å². The van der Waals surface area contributed by atoms with E-state index in [-0.39, 0.29) is 23.0 Å². The molecule has 0 unspecified atom stereocenters. The summed E-state index contributed by atoms with van der Waals surface area (Å²) in [7, 11) is 0. The molecule has 3 aromatic carbocycles. The molecule has 0 atom stereocenters. The molecular weight excluding hydrogens is 438 g/mol. The van der Waals surface area contributed by atoms with Gasteiger partial charge in [0.25, 0.3) is 5.69 Å². The van der Waals surface area contributed by atoms with Crippen molar-refractivity contribution in [1.29, 1.82) is 0 Å². The predicted molar refractivity (Wildman–Crippen MR) is 129 cm³/mol. The van der Waals surface area contributed by atoms with Gasteiger partial charge in [-0.05, 0) is 43.2 Å². The third kappa shape index (κ3) is 4.93. The van der Waals surface area contributed by atoms with E-state index in [9.17, 15) is 14.9 Å². The van der Waals surface area contributed by atoms with E-state index < -0.39 is 4.92 Å². The van der Waals surface area contributed by atoms with Crippen molar-refractivity contribution in [2.45, 2.75) is 19.0 Å². The minimum absolute atomic E-state index is 0.0177. The lowest BCUT2D eigenvalue weighted by molar-refractivity contribution is -0.383. The minimum atomic E-state index is -0.523. The Morgan fingerprint density at radius 3 is 2.45 bits per heavy atom. The van der Waals surface area contributed by atoms with Crippen LogP contribution in [0.15, 0.2) is 78.0 Å². The van der Waals surface area contributed by atoms with Crippen molar-refractivity contribution in [3.8, 4) is 17.1 Å². The number of para-hydroxylation sites is 2. The van der Waals surface area contributed by atoms with Gasteiger partial charge in [-0.15, -0.1) is 10.2 Å². The van der Waals surface area contributed by atoms with Crippen LogP contribution >= 0.6 is 11.8 Å². The molecule has 0 aliphatic carbocycles. The van der Waals surface area contributed by atoms with Crippen molar-refractivity contribution in [1.82, 2.24) is 14.8 Å². The maximum atomic E-state index is 12.6. The highest BCUT2D eigenvalue weighted by atomic mass is 32.2. The number of nitro benzene ring substituents is 1. The SMILES string of the molecule is Cc1ccc(-n2c(SCC(=O)Nc3ccccc3[N+](=O)[O-])nnc2-c2ccccc2)cc1C. The van der Waals surface area contributed by atoms with Gasteiger partial charge in [-0.25, -0.2) is 0 Å². The molecule has 4 rings (SSSR count). The van der Waals surface area contributed by atoms with E-state index >= 15 is 0 Å². The Balaban J connectivity index is 1.62. The van der Waals surface area contributed by atoms with Crippen molar-refractivity contribution < 1.29 is 9.72 Å². The van der Waals surface area contributed by atoms with E-state index in [0.29, 0.717) is 11.0 Å². The van der Waals surface area contributed by atoms with Gasteiger partial charge in [0.05, 0.1) is 16.4 Å². The fourth-order valence-corrected chi connectivity index (χ4v) is 4.04. The fourth-order valence-electron chi connectivity index (χ4n) is 3.29. The minimum Gasteiger partial charge on any atom is -0.320 e. The molecule has 1 aromatic heterocycles. The van der Waals surface area contributed by atoms with Crippen LogP contribution in [0.5, 0.6) is 0 Å². The van der Waals surface area contributed by atoms with Gasteiger partial charge in [0, 0.05) is 11.6 Å². The van der Waals surface area contributed by atoms with Gasteiger partial charge in [0.1, 0.15) is 5.69 Å². The number of aromatic nitrogens is 3. The van der Waals surface area contributed by atoms with Gasteiger partial charge in [0.2, 0.25) is 5.91 Å². The largest absolute Gasteiger partial charge is 0.320 e. The number of carbonyl (C=O) groups excluding carboxylic acids is 1. The number of carbonyl (C=O) groups is 1. The molecule has 0 fully saturated rings. The highest BCUT2D eigenvalue weighted by molar-refractivity contribution is 7.99. The number of anilines is 1. The number of nitrogens with zero attached hydrogens (tertiary/aromatic N) is 4. The van der Waals surface area contributed by atoms with Gasteiger partial charge < -0.3 is 5.32 Å². The molecule has 0 radical (unpaired) electrons. The Morgan fingerprint density at radius 1 is 1.00 bits per heavy atom. The zero-order chi connectivity index (χ0) is 23.4. The zero-order valence-corrected chi connectivity index (χ0v) is 18.9. The van der Waals surface area contributed by atoms with Crippen LogP contribution < -0.4 is 5.32 Å². The second-order valence-electron chi connectivity index (χ2n) is 7.39. The normalized spacial score (nSPS) is 10.7. The first kappa shape index (κ1) is 22.2. The molecule has 9 heteroatoms. The van der Waals surface area contributed by atoms with E-state index in [1.54, 1.807) is 12.1 Å². The molecule has 8 nitrogen and oxygen atoms in total. The predicted octanol–water partition coefficient (Wildman–Crippen LogP) is 5.19. The quantitative estimate of drug-likeness (QED) is 0.232. The lowest BCUT2D eigenvalue weighted by atomic mass is 10.1. The molecule has 0 saturated carbocycles. The molecular formula is C24H21N5O3S. The summed E-state index contributed by atoms with van der Waals surface area (Å²) >= 11 is 1.22. The lowest BCUT2D eigenvalue weighted by Crippen LogP contribution is -2.15. The zero-order valence-electron chi connectivity index (χ0n) is 18.1. The van der Waals surface area contributed by atoms with E-state index in [1.807, 2.05) is 60.9 Å². The molecule has 166 valence electrons. The second kappa shape index (κ2) is 9.66. The number of thioether (sulfide) groups is 1. The first-order valence-corrected chi connectivity index (χ1v) is 11.2. The first-order chi connectivity index (χ1) is 15.9. The number of rotatable bonds is 7. The van der Waals surface area contributed by atoms with Gasteiger partial charge in [-0.2, -0.15) is 0 Å². The molecule has 0 aliphatic heterocycles. The summed E-state index contributed by atoms with van der Waals surface area (Å²) in [6, 6.07) is 21.9. The van der Waals surface area contributed by atoms with E-state index in [4.69, 9.17) is 0 Å². The first-order valence-electron chi connectivity index (χ1n) is 10.2. The molecule has 4 aromatic rings. The summed E-state index contributed by atoms with van der Waals surface area (Å²) in [6.07, 6.45) is 0. The van der Waals surface area contributed by atoms with E-state index in [1.165, 1.54) is 29.5 Å². The molecule has 0 bridgehead atoms. The molecule has 1 heterocycles. The summed E-state index contributed by atoms with van der Waals surface area (Å²) in [4.78, 5) is 23.2. The summed E-state index contributed by atoms with van der Waals surface area (Å²) in [5, 5.41) is 23.1. The molecule has 0 spiro atoms. The third-order valence-corrected chi connectivity index (χ3v) is 6.05. The van der Waals surface area contributed by atoms with Crippen molar-refractivity contribution in [2.75, 3.05) is 11.1 Å². The second-order valence-corrected chi connectivity index (χ2v) is 8.33. The van der Waals surface area contributed by atoms with Crippen LogP contribution in [0.1, 0.15) is 11.1 Å². The Hall–Kier alpha value is -3.98. The molecule has 1 amide bonds. The summed E-state index contributed by atoms with van der Waals surface area (Å²) in [6.45, 7) is 4.09. The standard InChI is InChI=1S/C24H21N5O3S/c1-16-12-13-19(14-17(16)2)28-23(18-8-4-3-5-9-18)26-27-24(28)33-15-22(30)25-20-10-6-7-11-21(20)29(31)32/h3-14H,15H2,1-2H3,(H,25,30). The third-order valence-electron chi connectivity index (χ3n) is 5.12. The van der Waals surface area contributed by atoms with Crippen LogP contribution in [0.2, 0.25) is 0 Å². The van der Waals surface area contributed by atoms with Crippen LogP contribution in [0.25, 0.3) is 17.1 Å². The topological polar surface area (TPSA) is 103 Å². The number of nitro groups is 1. The number of nitrogens with one attached hydrogen (secondary N) is 1. The smallest absolute Gasteiger partial charge is 0.292 e. The van der Waals surface area contributed by atoms with Crippen LogP contribution in [0.3, 0.4) is 0 Å². The maximum Gasteiger partial charge on any atom is 0.292 e. The fraction of sp³-hybridized carbons (Fsp3) is 0.125. The van der Waals surface area contributed by atoms with Gasteiger partial charge in [0.15, 0.2) is 11.0 Å². The van der Waals surface area contributed by atoms with Crippen LogP contribution in [0.4, 0.5) is 11.4 Å². The van der Waals surface area contributed by atoms with E-state index in [2.05, 4.69) is 21.6 Å². The van der Waals surface area contributed by atoms with Crippen molar-refractivity contribution in [3.05, 3.63) is 94.0 Å². The summed E-state index contributed by atoms with van der Waals surface area (Å²) in [5.41, 5.74) is 4.11. The van der Waals surface area contributed by atoms with Crippen LogP contribution in [-0.2, 0) is 4.79 Å². The summed E-state index contributed by atoms with van der Waals surface area (Å²) in [5.74, 6) is 0.315. The molecule has 1 N–H and O–H groups in total. The monoisotopic (exact) mass is 459 g/mol. The van der Waals surface area contributed by atoms with Crippen molar-refractivity contribution in [3.63, 3.8) is 0 Å². The summed E-state index contributed by atoms with van der Waals surface area (Å²) < 4.78 is 1.92. The van der Waals surface area contributed by atoms with Gasteiger partial charge >= 0.3 is 0 Å². The number of hydrogen-bond acceptors (Lipinski definition) is 6. The number of hydrogen-bond donors (Lipinski definition) is 1. The molecule has 0 aliphatic rings. The van der Waals surface area contributed by atoms with Gasteiger partial charge in [-0.3, -0.25) is 19.5 Å². The van der Waals surface area contributed by atoms with E-state index in [0.717, 1.165) is 16.8 Å². The van der Waals surface area contributed by atoms with Gasteiger partial charge in [-0.1, -0.05) is 60.3 Å². The maximum absolute atomic E-state index is 12.6. The van der Waals surface area contributed by atoms with Crippen molar-refractivity contribution in [2.24, 2.45) is 0 Å². The Morgan fingerprint density at radius 2 is 1.73 bits per heavy atom. The van der Waals surface area contributed by atoms with Crippen LogP contribution in [-0.4, -0.2) is 31.3 Å². The number of aryl methyl sites for hydroxylation is 2. The molecule has 33 heavy (non-hydrogen) atoms. The van der Waals surface area contributed by atoms with Crippen LogP contribution in [0, 0.1) is 24.0 Å². The number of amides is 1. The average molecular weight is 460 g/mol. The lowest BCUT2D eigenvalue weighted by Gasteiger charge is -2.12.